The molecule has 4 rings (SSSR count). The lowest BCUT2D eigenvalue weighted by molar-refractivity contribution is -0.140. The number of aromatic nitrogens is 2. The molecular formula is C28H40N4O5. The Morgan fingerprint density at radius 1 is 1.05 bits per heavy atom. The molecule has 2 atom stereocenters. The summed E-state index contributed by atoms with van der Waals surface area (Å²) in [5.74, 6) is 0.532. The average Bonchev–Trinajstić information content (AvgIpc) is 3.72. The molecule has 1 unspecified atom stereocenters. The molecule has 2 amide bonds. The van der Waals surface area contributed by atoms with Gasteiger partial charge in [0.15, 0.2) is 0 Å². The molecule has 1 aromatic heterocycles. The molecule has 2 N–H and O–H groups in total. The first-order valence-corrected chi connectivity index (χ1v) is 13.6. The fourth-order valence-corrected chi connectivity index (χ4v) is 5.69. The summed E-state index contributed by atoms with van der Waals surface area (Å²) in [4.78, 5) is 57.9. The lowest BCUT2D eigenvalue weighted by atomic mass is 9.81. The SMILES string of the molecule is CCN(C(=O)C1CC1)[C@@H](C)CN(C)C(=O)[C@H]1CC[C@H](Cn2c(=O)[nH]c3ccc(C(C)O)cc3c2=O)CC1. The molecule has 202 valence electrons. The smallest absolute Gasteiger partial charge is 0.328 e. The number of aromatic amines is 1. The Bertz CT molecular complexity index is 1250. The zero-order valence-electron chi connectivity index (χ0n) is 22.4. The van der Waals surface area contributed by atoms with Gasteiger partial charge in [-0.25, -0.2) is 4.79 Å². The predicted molar refractivity (Wildman–Crippen MR) is 142 cm³/mol. The van der Waals surface area contributed by atoms with E-state index in [1.165, 1.54) is 4.57 Å². The topological polar surface area (TPSA) is 116 Å². The zero-order chi connectivity index (χ0) is 26.9. The average molecular weight is 513 g/mol. The molecular weight excluding hydrogens is 472 g/mol. The monoisotopic (exact) mass is 512 g/mol. The van der Waals surface area contributed by atoms with Gasteiger partial charge in [0.25, 0.3) is 5.56 Å². The van der Waals surface area contributed by atoms with E-state index in [9.17, 15) is 24.3 Å². The van der Waals surface area contributed by atoms with Gasteiger partial charge >= 0.3 is 5.69 Å². The van der Waals surface area contributed by atoms with Gasteiger partial charge in [-0.1, -0.05) is 6.07 Å². The fraction of sp³-hybridized carbons (Fsp3) is 0.643. The summed E-state index contributed by atoms with van der Waals surface area (Å²) in [6, 6.07) is 4.97. The Labute approximate surface area is 217 Å². The van der Waals surface area contributed by atoms with Crippen molar-refractivity contribution >= 4 is 22.7 Å². The number of rotatable bonds is 9. The first-order chi connectivity index (χ1) is 17.6. The maximum absolute atomic E-state index is 13.2. The predicted octanol–water partition coefficient (Wildman–Crippen LogP) is 2.65. The van der Waals surface area contributed by atoms with Crippen LogP contribution < -0.4 is 11.2 Å². The molecule has 0 bridgehead atoms. The number of aliphatic hydroxyl groups is 1. The van der Waals surface area contributed by atoms with E-state index < -0.39 is 11.8 Å². The second kappa shape index (κ2) is 11.2. The molecule has 0 radical (unpaired) electrons. The van der Waals surface area contributed by atoms with Crippen molar-refractivity contribution < 1.29 is 14.7 Å². The molecule has 2 saturated carbocycles. The second-order valence-corrected chi connectivity index (χ2v) is 11.0. The lowest BCUT2D eigenvalue weighted by Gasteiger charge is -2.34. The molecule has 2 aliphatic rings. The molecule has 0 saturated heterocycles. The number of carbonyl (C=O) groups excluding carboxylic acids is 2. The molecule has 9 nitrogen and oxygen atoms in total. The molecule has 0 spiro atoms. The number of nitrogens with zero attached hydrogens (tertiary/aromatic N) is 3. The fourth-order valence-electron chi connectivity index (χ4n) is 5.69. The quantitative estimate of drug-likeness (QED) is 0.536. The first kappa shape index (κ1) is 27.1. The van der Waals surface area contributed by atoms with E-state index in [-0.39, 0.29) is 41.2 Å². The number of H-pyrrole nitrogens is 1. The highest BCUT2D eigenvalue weighted by Gasteiger charge is 2.35. The number of hydrogen-bond acceptors (Lipinski definition) is 5. The third kappa shape index (κ3) is 5.98. The van der Waals surface area contributed by atoms with Crippen LogP contribution >= 0.6 is 0 Å². The first-order valence-electron chi connectivity index (χ1n) is 13.6. The minimum absolute atomic E-state index is 0.0239. The van der Waals surface area contributed by atoms with E-state index in [1.54, 1.807) is 30.0 Å². The van der Waals surface area contributed by atoms with Gasteiger partial charge in [-0.15, -0.1) is 0 Å². The van der Waals surface area contributed by atoms with Gasteiger partial charge in [0.1, 0.15) is 0 Å². The summed E-state index contributed by atoms with van der Waals surface area (Å²) in [5, 5.41) is 10.3. The van der Waals surface area contributed by atoms with E-state index in [2.05, 4.69) is 4.98 Å². The second-order valence-electron chi connectivity index (χ2n) is 11.0. The minimum atomic E-state index is -0.707. The standard InChI is InChI=1S/C28H40N4O5/c1-5-31(26(35)21-10-11-21)17(2)15-30(4)25(34)20-8-6-19(7-9-20)16-32-27(36)23-14-22(18(3)33)12-13-24(23)29-28(32)37/h12-14,17-21,33H,5-11,15-16H2,1-4H3,(H,29,37)/t17-,18?,19-,20-/m0/s1. The van der Waals surface area contributed by atoms with Gasteiger partial charge in [-0.2, -0.15) is 0 Å². The number of likely N-dealkylation sites (N-methyl/N-ethyl adjacent to an activating group) is 2. The van der Waals surface area contributed by atoms with Gasteiger partial charge in [0, 0.05) is 44.6 Å². The number of fused-ring (bicyclic) bond motifs is 1. The van der Waals surface area contributed by atoms with E-state index >= 15 is 0 Å². The Morgan fingerprint density at radius 3 is 2.27 bits per heavy atom. The van der Waals surface area contributed by atoms with Gasteiger partial charge in [0.05, 0.1) is 17.0 Å². The zero-order valence-corrected chi connectivity index (χ0v) is 22.4. The van der Waals surface area contributed by atoms with Crippen LogP contribution in [-0.4, -0.2) is 62.5 Å². The van der Waals surface area contributed by atoms with Crippen LogP contribution in [0.15, 0.2) is 27.8 Å². The van der Waals surface area contributed by atoms with Crippen LogP contribution in [0.4, 0.5) is 0 Å². The summed E-state index contributed by atoms with van der Waals surface area (Å²) < 4.78 is 1.25. The summed E-state index contributed by atoms with van der Waals surface area (Å²) in [6.07, 6.45) is 4.19. The number of nitrogens with one attached hydrogen (secondary N) is 1. The van der Waals surface area contributed by atoms with Crippen LogP contribution in [0, 0.1) is 17.8 Å². The largest absolute Gasteiger partial charge is 0.389 e. The van der Waals surface area contributed by atoms with Crippen LogP contribution in [0.1, 0.15) is 71.0 Å². The molecule has 1 heterocycles. The highest BCUT2D eigenvalue weighted by Crippen LogP contribution is 2.32. The Kier molecular flexibility index (Phi) is 8.21. The molecule has 37 heavy (non-hydrogen) atoms. The van der Waals surface area contributed by atoms with Crippen molar-refractivity contribution in [1.82, 2.24) is 19.4 Å². The van der Waals surface area contributed by atoms with Crippen LogP contribution in [0.3, 0.4) is 0 Å². The Morgan fingerprint density at radius 2 is 1.68 bits per heavy atom. The maximum Gasteiger partial charge on any atom is 0.328 e. The summed E-state index contributed by atoms with van der Waals surface area (Å²) in [7, 11) is 1.82. The molecule has 1 aromatic carbocycles. The van der Waals surface area contributed by atoms with Crippen LogP contribution in [0.2, 0.25) is 0 Å². The minimum Gasteiger partial charge on any atom is -0.389 e. The summed E-state index contributed by atoms with van der Waals surface area (Å²) in [5.41, 5.74) is 0.298. The van der Waals surface area contributed by atoms with E-state index in [0.717, 1.165) is 25.7 Å². The van der Waals surface area contributed by atoms with E-state index in [1.807, 2.05) is 25.8 Å². The highest BCUT2D eigenvalue weighted by atomic mass is 16.3. The van der Waals surface area contributed by atoms with Gasteiger partial charge in [-0.05, 0) is 82.9 Å². The van der Waals surface area contributed by atoms with Crippen molar-refractivity contribution in [2.45, 2.75) is 78.0 Å². The van der Waals surface area contributed by atoms with Crippen LogP contribution in [-0.2, 0) is 16.1 Å². The van der Waals surface area contributed by atoms with Crippen molar-refractivity contribution in [2.24, 2.45) is 17.8 Å². The maximum atomic E-state index is 13.2. The Hall–Kier alpha value is -2.94. The van der Waals surface area contributed by atoms with Gasteiger partial charge in [0.2, 0.25) is 11.8 Å². The molecule has 2 fully saturated rings. The van der Waals surface area contributed by atoms with E-state index in [0.29, 0.717) is 48.9 Å². The highest BCUT2D eigenvalue weighted by molar-refractivity contribution is 5.82. The third-order valence-corrected chi connectivity index (χ3v) is 8.12. The van der Waals surface area contributed by atoms with Crippen molar-refractivity contribution in [3.63, 3.8) is 0 Å². The van der Waals surface area contributed by atoms with Crippen molar-refractivity contribution in [3.05, 3.63) is 44.6 Å². The number of aliphatic hydroxyl groups excluding tert-OH is 1. The normalized spacial score (nSPS) is 21.4. The van der Waals surface area contributed by atoms with Gasteiger partial charge in [-0.3, -0.25) is 19.0 Å². The molecule has 2 aliphatic carbocycles. The number of amides is 2. The molecule has 9 heteroatoms. The molecule has 2 aromatic rings. The summed E-state index contributed by atoms with van der Waals surface area (Å²) >= 11 is 0. The van der Waals surface area contributed by atoms with Crippen LogP contribution in [0.5, 0.6) is 0 Å². The van der Waals surface area contributed by atoms with Crippen molar-refractivity contribution in [3.8, 4) is 0 Å². The number of carbonyl (C=O) groups is 2. The Balaban J connectivity index is 1.35. The van der Waals surface area contributed by atoms with Crippen LogP contribution in [0.25, 0.3) is 10.9 Å². The molecule has 0 aliphatic heterocycles. The van der Waals surface area contributed by atoms with Crippen molar-refractivity contribution in [1.29, 1.82) is 0 Å². The third-order valence-electron chi connectivity index (χ3n) is 8.12. The van der Waals surface area contributed by atoms with E-state index in [4.69, 9.17) is 0 Å². The number of benzene rings is 1. The lowest BCUT2D eigenvalue weighted by Crippen LogP contribution is -2.47. The summed E-state index contributed by atoms with van der Waals surface area (Å²) in [6.45, 7) is 7.10. The number of hydrogen-bond donors (Lipinski definition) is 2. The van der Waals surface area contributed by atoms with Gasteiger partial charge < -0.3 is 19.9 Å². The van der Waals surface area contributed by atoms with Crippen molar-refractivity contribution in [2.75, 3.05) is 20.1 Å².